The van der Waals surface area contributed by atoms with Crippen LogP contribution in [0.2, 0.25) is 0 Å². The molecule has 27 heavy (non-hydrogen) atoms. The van der Waals surface area contributed by atoms with Gasteiger partial charge in [0, 0.05) is 38.4 Å². The van der Waals surface area contributed by atoms with Crippen molar-refractivity contribution in [2.45, 2.75) is 37.9 Å². The number of halogens is 3. The van der Waals surface area contributed by atoms with Gasteiger partial charge in [-0.05, 0) is 31.4 Å². The van der Waals surface area contributed by atoms with Crippen molar-refractivity contribution in [3.63, 3.8) is 0 Å². The number of amides is 2. The van der Waals surface area contributed by atoms with E-state index in [1.54, 1.807) is 23.2 Å². The van der Waals surface area contributed by atoms with E-state index in [-0.39, 0.29) is 18.9 Å². The second-order valence-corrected chi connectivity index (χ2v) is 7.04. The summed E-state index contributed by atoms with van der Waals surface area (Å²) >= 11 is 0. The van der Waals surface area contributed by atoms with Crippen molar-refractivity contribution in [1.82, 2.24) is 15.2 Å². The van der Waals surface area contributed by atoms with E-state index in [0.717, 1.165) is 0 Å². The molecule has 3 rings (SSSR count). The first-order chi connectivity index (χ1) is 12.9. The molecule has 6 nitrogen and oxygen atoms in total. The van der Waals surface area contributed by atoms with Crippen LogP contribution in [0.4, 0.5) is 23.8 Å². The second kappa shape index (κ2) is 8.03. The van der Waals surface area contributed by atoms with Gasteiger partial charge in [-0.2, -0.15) is 18.4 Å². The topological polar surface area (TPSA) is 72.3 Å². The predicted molar refractivity (Wildman–Crippen MR) is 93.1 cm³/mol. The number of carbonyl (C=O) groups excluding carboxylic acids is 1. The molecule has 146 valence electrons. The van der Waals surface area contributed by atoms with E-state index < -0.39 is 18.1 Å². The summed E-state index contributed by atoms with van der Waals surface area (Å²) in [5, 5.41) is 11.7. The smallest absolute Gasteiger partial charge is 0.353 e. The first kappa shape index (κ1) is 19.3. The van der Waals surface area contributed by atoms with Crippen LogP contribution in [0.3, 0.4) is 0 Å². The Balaban J connectivity index is 1.50. The zero-order chi connectivity index (χ0) is 19.4. The van der Waals surface area contributed by atoms with Crippen molar-refractivity contribution >= 4 is 11.8 Å². The zero-order valence-electron chi connectivity index (χ0n) is 14.9. The number of pyridine rings is 1. The van der Waals surface area contributed by atoms with Gasteiger partial charge < -0.3 is 15.1 Å². The van der Waals surface area contributed by atoms with E-state index in [4.69, 9.17) is 5.26 Å². The van der Waals surface area contributed by atoms with Gasteiger partial charge in [0.25, 0.3) is 0 Å². The number of urea groups is 1. The molecule has 0 bridgehead atoms. The molecule has 1 saturated carbocycles. The summed E-state index contributed by atoms with van der Waals surface area (Å²) in [5.41, 5.74) is 0.525. The van der Waals surface area contributed by atoms with Crippen LogP contribution >= 0.6 is 0 Å². The van der Waals surface area contributed by atoms with Gasteiger partial charge in [0.1, 0.15) is 5.82 Å². The Morgan fingerprint density at radius 1 is 1.26 bits per heavy atom. The van der Waals surface area contributed by atoms with E-state index in [1.807, 2.05) is 4.90 Å². The minimum atomic E-state index is -4.19. The molecule has 2 unspecified atom stereocenters. The van der Waals surface area contributed by atoms with Gasteiger partial charge >= 0.3 is 12.2 Å². The van der Waals surface area contributed by atoms with E-state index in [0.29, 0.717) is 50.4 Å². The number of aromatic nitrogens is 1. The number of alkyl halides is 3. The summed E-state index contributed by atoms with van der Waals surface area (Å²) in [5.74, 6) is -0.638. The first-order valence-electron chi connectivity index (χ1n) is 9.10. The molecule has 2 aliphatic rings. The van der Waals surface area contributed by atoms with Gasteiger partial charge in [0.2, 0.25) is 0 Å². The fourth-order valence-electron chi connectivity index (χ4n) is 3.68. The highest BCUT2D eigenvalue weighted by atomic mass is 19.4. The summed E-state index contributed by atoms with van der Waals surface area (Å²) in [6.07, 6.45) is -1.45. The van der Waals surface area contributed by atoms with E-state index in [9.17, 15) is 18.0 Å². The molecular weight excluding hydrogens is 359 g/mol. The van der Waals surface area contributed by atoms with Crippen LogP contribution in [0.1, 0.15) is 31.2 Å². The fourth-order valence-corrected chi connectivity index (χ4v) is 3.68. The molecule has 0 aromatic carbocycles. The molecule has 2 amide bonds. The van der Waals surface area contributed by atoms with Crippen molar-refractivity contribution in [2.24, 2.45) is 5.92 Å². The average molecular weight is 381 g/mol. The Morgan fingerprint density at radius 2 is 2.00 bits per heavy atom. The standard InChI is InChI=1S/C18H22F3N5O/c19-18(20,21)14-2-1-3-15(11-14)24-17(27)26-8-6-25(7-9-26)16-10-13(12-22)4-5-23-16/h4-5,10,14-15H,1-3,6-9,11H2,(H,24,27). The lowest BCUT2D eigenvalue weighted by atomic mass is 9.85. The Hall–Kier alpha value is -2.50. The van der Waals surface area contributed by atoms with Crippen molar-refractivity contribution in [1.29, 1.82) is 5.26 Å². The lowest BCUT2D eigenvalue weighted by Gasteiger charge is -2.37. The molecular formula is C18H22F3N5O. The molecule has 0 spiro atoms. The van der Waals surface area contributed by atoms with Crippen LogP contribution in [0, 0.1) is 17.2 Å². The van der Waals surface area contributed by atoms with E-state index >= 15 is 0 Å². The molecule has 2 fully saturated rings. The third kappa shape index (κ3) is 4.81. The first-order valence-corrected chi connectivity index (χ1v) is 9.10. The van der Waals surface area contributed by atoms with Gasteiger partial charge in [-0.3, -0.25) is 0 Å². The minimum Gasteiger partial charge on any atom is -0.353 e. The van der Waals surface area contributed by atoms with Gasteiger partial charge in [0.05, 0.1) is 17.6 Å². The Morgan fingerprint density at radius 3 is 2.67 bits per heavy atom. The van der Waals surface area contributed by atoms with Gasteiger partial charge in [0.15, 0.2) is 0 Å². The van der Waals surface area contributed by atoms with Crippen molar-refractivity contribution < 1.29 is 18.0 Å². The summed E-state index contributed by atoms with van der Waals surface area (Å²) < 4.78 is 38.7. The van der Waals surface area contributed by atoms with Gasteiger partial charge in [-0.1, -0.05) is 6.42 Å². The Labute approximate surface area is 156 Å². The van der Waals surface area contributed by atoms with Crippen LogP contribution in [0.5, 0.6) is 0 Å². The van der Waals surface area contributed by atoms with Crippen LogP contribution in [-0.2, 0) is 0 Å². The minimum absolute atomic E-state index is 0.0416. The monoisotopic (exact) mass is 381 g/mol. The van der Waals surface area contributed by atoms with E-state index in [2.05, 4.69) is 16.4 Å². The highest BCUT2D eigenvalue weighted by molar-refractivity contribution is 5.75. The summed E-state index contributed by atoms with van der Waals surface area (Å²) in [4.78, 5) is 20.3. The van der Waals surface area contributed by atoms with Crippen LogP contribution in [-0.4, -0.2) is 54.3 Å². The molecule has 9 heteroatoms. The number of hydrogen-bond donors (Lipinski definition) is 1. The van der Waals surface area contributed by atoms with Crippen molar-refractivity contribution in [3.8, 4) is 6.07 Å². The number of rotatable bonds is 2. The third-order valence-electron chi connectivity index (χ3n) is 5.23. The largest absolute Gasteiger partial charge is 0.391 e. The third-order valence-corrected chi connectivity index (χ3v) is 5.23. The summed E-state index contributed by atoms with van der Waals surface area (Å²) in [6.45, 7) is 2.04. The fraction of sp³-hybridized carbons (Fsp3) is 0.611. The molecule has 1 aliphatic carbocycles. The van der Waals surface area contributed by atoms with Crippen LogP contribution < -0.4 is 10.2 Å². The lowest BCUT2D eigenvalue weighted by molar-refractivity contribution is -0.183. The normalized spacial score (nSPS) is 23.6. The van der Waals surface area contributed by atoms with Crippen LogP contribution in [0.15, 0.2) is 18.3 Å². The molecule has 1 saturated heterocycles. The molecule has 1 N–H and O–H groups in total. The average Bonchev–Trinajstić information content (AvgIpc) is 2.67. The number of nitrogens with one attached hydrogen (secondary N) is 1. The molecule has 1 aliphatic heterocycles. The number of hydrogen-bond acceptors (Lipinski definition) is 4. The molecule has 1 aromatic rings. The van der Waals surface area contributed by atoms with Crippen molar-refractivity contribution in [2.75, 3.05) is 31.1 Å². The number of anilines is 1. The Bertz CT molecular complexity index is 710. The maximum atomic E-state index is 12.9. The Kier molecular flexibility index (Phi) is 5.73. The summed E-state index contributed by atoms with van der Waals surface area (Å²) in [7, 11) is 0. The maximum Gasteiger partial charge on any atom is 0.391 e. The van der Waals surface area contributed by atoms with E-state index in [1.165, 1.54) is 0 Å². The SMILES string of the molecule is N#Cc1ccnc(N2CCN(C(=O)NC3CCCC(C(F)(F)F)C3)CC2)c1. The molecule has 1 aromatic heterocycles. The quantitative estimate of drug-likeness (QED) is 0.855. The predicted octanol–water partition coefficient (Wildman–Crippen LogP) is 2.91. The van der Waals surface area contributed by atoms with Crippen LogP contribution in [0.25, 0.3) is 0 Å². The number of nitriles is 1. The van der Waals surface area contributed by atoms with Crippen molar-refractivity contribution in [3.05, 3.63) is 23.9 Å². The highest BCUT2D eigenvalue weighted by Gasteiger charge is 2.42. The maximum absolute atomic E-state index is 12.9. The second-order valence-electron chi connectivity index (χ2n) is 7.04. The number of piperazine rings is 1. The van der Waals surface area contributed by atoms with Gasteiger partial charge in [-0.15, -0.1) is 0 Å². The summed E-state index contributed by atoms with van der Waals surface area (Å²) in [6, 6.07) is 4.68. The lowest BCUT2D eigenvalue weighted by Crippen LogP contribution is -2.54. The number of carbonyl (C=O) groups is 1. The zero-order valence-corrected chi connectivity index (χ0v) is 14.9. The highest BCUT2D eigenvalue weighted by Crippen LogP contribution is 2.37. The number of nitrogens with zero attached hydrogens (tertiary/aromatic N) is 4. The molecule has 2 heterocycles. The molecule has 0 radical (unpaired) electrons. The molecule has 2 atom stereocenters. The van der Waals surface area contributed by atoms with Gasteiger partial charge in [-0.25, -0.2) is 9.78 Å².